The highest BCUT2D eigenvalue weighted by Crippen LogP contribution is 2.19. The van der Waals surface area contributed by atoms with Gasteiger partial charge in [0.25, 0.3) is 0 Å². The summed E-state index contributed by atoms with van der Waals surface area (Å²) in [5.41, 5.74) is 0.790. The lowest BCUT2D eigenvalue weighted by Crippen LogP contribution is -2.08. The third-order valence-corrected chi connectivity index (χ3v) is 2.46. The number of aromatic nitrogens is 1. The Morgan fingerprint density at radius 1 is 1.00 bits per heavy atom. The first-order chi connectivity index (χ1) is 8.68. The fourth-order valence-corrected chi connectivity index (χ4v) is 1.53. The summed E-state index contributed by atoms with van der Waals surface area (Å²) in [6.45, 7) is 0.388. The van der Waals surface area contributed by atoms with Crippen LogP contribution in [0.5, 0.6) is 0 Å². The Morgan fingerprint density at radius 2 is 1.83 bits per heavy atom. The number of nitrogens with zero attached hydrogens (tertiary/aromatic N) is 1. The van der Waals surface area contributed by atoms with Gasteiger partial charge in [-0.25, -0.2) is 13.2 Å². The van der Waals surface area contributed by atoms with Crippen molar-refractivity contribution < 1.29 is 13.2 Å². The number of hydrogen-bond acceptors (Lipinski definition) is 2. The van der Waals surface area contributed by atoms with Gasteiger partial charge >= 0.3 is 0 Å². The van der Waals surface area contributed by atoms with Gasteiger partial charge in [0.15, 0.2) is 17.5 Å². The van der Waals surface area contributed by atoms with Crippen LogP contribution in [-0.2, 0) is 6.42 Å². The monoisotopic (exact) mass is 252 g/mol. The van der Waals surface area contributed by atoms with Gasteiger partial charge in [-0.2, -0.15) is 0 Å². The summed E-state index contributed by atoms with van der Waals surface area (Å²) in [6.07, 6.45) is 2.23. The molecule has 0 saturated heterocycles. The van der Waals surface area contributed by atoms with E-state index in [-0.39, 0.29) is 5.69 Å². The minimum atomic E-state index is -1.46. The van der Waals surface area contributed by atoms with Crippen LogP contribution in [0, 0.1) is 17.5 Å². The molecule has 2 rings (SSSR count). The quantitative estimate of drug-likeness (QED) is 0.845. The summed E-state index contributed by atoms with van der Waals surface area (Å²) in [5.74, 6) is -3.85. The van der Waals surface area contributed by atoms with Crippen LogP contribution in [0.2, 0.25) is 0 Å². The number of hydrogen-bond donors (Lipinski definition) is 1. The number of rotatable bonds is 4. The molecule has 0 fully saturated rings. The van der Waals surface area contributed by atoms with Gasteiger partial charge in [0.2, 0.25) is 0 Å². The van der Waals surface area contributed by atoms with Crippen LogP contribution in [0.25, 0.3) is 0 Å². The van der Waals surface area contributed by atoms with Crippen LogP contribution >= 0.6 is 0 Å². The standard InChI is InChI=1S/C13H11F3N2/c14-10-4-5-11(13(16)12(10)15)18-8-6-9-3-1-2-7-17-9/h1-5,7,18H,6,8H2. The minimum absolute atomic E-state index is 0.0511. The fraction of sp³-hybridized carbons (Fsp3) is 0.154. The van der Waals surface area contributed by atoms with Gasteiger partial charge in [0.1, 0.15) is 0 Å². The predicted octanol–water partition coefficient (Wildman–Crippen LogP) is 3.15. The molecule has 0 saturated carbocycles. The van der Waals surface area contributed by atoms with Gasteiger partial charge in [0.05, 0.1) is 5.69 Å². The molecule has 1 N–H and O–H groups in total. The van der Waals surface area contributed by atoms with E-state index in [9.17, 15) is 13.2 Å². The van der Waals surface area contributed by atoms with Crippen LogP contribution < -0.4 is 5.32 Å². The van der Waals surface area contributed by atoms with Gasteiger partial charge in [-0.1, -0.05) is 6.07 Å². The number of benzene rings is 1. The summed E-state index contributed by atoms with van der Waals surface area (Å²) >= 11 is 0. The second-order valence-corrected chi connectivity index (χ2v) is 3.72. The van der Waals surface area contributed by atoms with E-state index in [4.69, 9.17) is 0 Å². The molecule has 94 valence electrons. The molecule has 1 aromatic heterocycles. The first-order valence-electron chi connectivity index (χ1n) is 5.46. The summed E-state index contributed by atoms with van der Waals surface area (Å²) < 4.78 is 38.9. The highest BCUT2D eigenvalue weighted by atomic mass is 19.2. The lowest BCUT2D eigenvalue weighted by atomic mass is 10.2. The van der Waals surface area contributed by atoms with Crippen molar-refractivity contribution in [2.24, 2.45) is 0 Å². The van der Waals surface area contributed by atoms with Crippen LogP contribution in [0.15, 0.2) is 36.5 Å². The number of anilines is 1. The van der Waals surface area contributed by atoms with E-state index in [1.54, 1.807) is 12.3 Å². The third kappa shape index (κ3) is 2.80. The Labute approximate surface area is 102 Å². The lowest BCUT2D eigenvalue weighted by Gasteiger charge is -2.08. The zero-order valence-corrected chi connectivity index (χ0v) is 9.46. The Morgan fingerprint density at radius 3 is 2.56 bits per heavy atom. The lowest BCUT2D eigenvalue weighted by molar-refractivity contribution is 0.449. The molecule has 0 bridgehead atoms. The van der Waals surface area contributed by atoms with E-state index in [1.807, 2.05) is 12.1 Å². The van der Waals surface area contributed by atoms with Crippen molar-refractivity contribution in [1.82, 2.24) is 4.98 Å². The first kappa shape index (κ1) is 12.4. The molecule has 2 aromatic rings. The predicted molar refractivity (Wildman–Crippen MR) is 62.7 cm³/mol. The van der Waals surface area contributed by atoms with Crippen molar-refractivity contribution >= 4 is 5.69 Å². The number of pyridine rings is 1. The van der Waals surface area contributed by atoms with Gasteiger partial charge in [-0.3, -0.25) is 4.98 Å². The summed E-state index contributed by atoms with van der Waals surface area (Å²) in [4.78, 5) is 4.10. The minimum Gasteiger partial charge on any atom is -0.382 e. The van der Waals surface area contributed by atoms with Gasteiger partial charge in [-0.15, -0.1) is 0 Å². The van der Waals surface area contributed by atoms with Gasteiger partial charge < -0.3 is 5.32 Å². The summed E-state index contributed by atoms with van der Waals surface area (Å²) in [6, 6.07) is 7.55. The molecule has 1 heterocycles. The second-order valence-electron chi connectivity index (χ2n) is 3.72. The van der Waals surface area contributed by atoms with Crippen molar-refractivity contribution in [2.45, 2.75) is 6.42 Å². The normalized spacial score (nSPS) is 10.4. The molecule has 1 aromatic carbocycles. The SMILES string of the molecule is Fc1ccc(NCCc2ccccn2)c(F)c1F. The van der Waals surface area contributed by atoms with E-state index in [1.165, 1.54) is 6.07 Å². The zero-order valence-electron chi connectivity index (χ0n) is 9.46. The van der Waals surface area contributed by atoms with E-state index in [0.717, 1.165) is 11.8 Å². The Bertz CT molecular complexity index is 529. The van der Waals surface area contributed by atoms with Crippen molar-refractivity contribution in [3.8, 4) is 0 Å². The molecular formula is C13H11F3N2. The molecule has 0 aliphatic carbocycles. The second kappa shape index (κ2) is 5.53. The van der Waals surface area contributed by atoms with Crippen molar-refractivity contribution in [2.75, 3.05) is 11.9 Å². The van der Waals surface area contributed by atoms with Crippen LogP contribution in [-0.4, -0.2) is 11.5 Å². The maximum atomic E-state index is 13.3. The molecular weight excluding hydrogens is 241 g/mol. The molecule has 2 nitrogen and oxygen atoms in total. The van der Waals surface area contributed by atoms with Crippen LogP contribution in [0.3, 0.4) is 0 Å². The van der Waals surface area contributed by atoms with E-state index >= 15 is 0 Å². The van der Waals surface area contributed by atoms with Crippen molar-refractivity contribution in [3.05, 3.63) is 59.7 Å². The molecule has 0 atom stereocenters. The summed E-state index contributed by atoms with van der Waals surface area (Å²) in [7, 11) is 0. The first-order valence-corrected chi connectivity index (χ1v) is 5.46. The molecule has 0 aliphatic heterocycles. The van der Waals surface area contributed by atoms with E-state index in [2.05, 4.69) is 10.3 Å². The van der Waals surface area contributed by atoms with Gasteiger partial charge in [0, 0.05) is 24.9 Å². The fourth-order valence-electron chi connectivity index (χ4n) is 1.53. The topological polar surface area (TPSA) is 24.9 Å². The molecule has 0 amide bonds. The molecule has 0 aliphatic rings. The largest absolute Gasteiger partial charge is 0.382 e. The average Bonchev–Trinajstić information content (AvgIpc) is 2.40. The molecule has 0 spiro atoms. The zero-order chi connectivity index (χ0) is 13.0. The average molecular weight is 252 g/mol. The van der Waals surface area contributed by atoms with Crippen LogP contribution in [0.1, 0.15) is 5.69 Å². The summed E-state index contributed by atoms with van der Waals surface area (Å²) in [5, 5.41) is 2.71. The Kier molecular flexibility index (Phi) is 3.82. The smallest absolute Gasteiger partial charge is 0.196 e. The molecule has 0 unspecified atom stereocenters. The Hall–Kier alpha value is -2.04. The number of halogens is 3. The van der Waals surface area contributed by atoms with E-state index in [0.29, 0.717) is 13.0 Å². The molecule has 18 heavy (non-hydrogen) atoms. The highest BCUT2D eigenvalue weighted by Gasteiger charge is 2.12. The van der Waals surface area contributed by atoms with Crippen molar-refractivity contribution in [3.63, 3.8) is 0 Å². The maximum Gasteiger partial charge on any atom is 0.196 e. The van der Waals surface area contributed by atoms with Crippen molar-refractivity contribution in [1.29, 1.82) is 0 Å². The van der Waals surface area contributed by atoms with E-state index < -0.39 is 17.5 Å². The highest BCUT2D eigenvalue weighted by molar-refractivity contribution is 5.45. The maximum absolute atomic E-state index is 13.3. The molecule has 0 radical (unpaired) electrons. The van der Waals surface area contributed by atoms with Gasteiger partial charge in [-0.05, 0) is 24.3 Å². The number of nitrogens with one attached hydrogen (secondary N) is 1. The third-order valence-electron chi connectivity index (χ3n) is 2.46. The van der Waals surface area contributed by atoms with Crippen LogP contribution in [0.4, 0.5) is 18.9 Å². The molecule has 5 heteroatoms. The Balaban J connectivity index is 1.97.